The molecule has 58 valence electrons. The summed E-state index contributed by atoms with van der Waals surface area (Å²) >= 11 is 0. The van der Waals surface area contributed by atoms with Crippen LogP contribution in [0.1, 0.15) is 13.3 Å². The highest BCUT2D eigenvalue weighted by atomic mass is 32.2. The molecule has 0 aromatic rings. The van der Waals surface area contributed by atoms with Gasteiger partial charge in [-0.1, -0.05) is 6.92 Å². The highest BCUT2D eigenvalue weighted by molar-refractivity contribution is 7.93. The van der Waals surface area contributed by atoms with Crippen molar-refractivity contribution < 1.29 is 13.2 Å². The van der Waals surface area contributed by atoms with E-state index in [1.165, 1.54) is 0 Å². The minimum absolute atomic E-state index is 0.0556. The highest BCUT2D eigenvalue weighted by Crippen LogP contribution is 2.33. The fourth-order valence-corrected chi connectivity index (χ4v) is 3.40. The van der Waals surface area contributed by atoms with Gasteiger partial charge in [-0.25, -0.2) is 8.42 Å². The summed E-state index contributed by atoms with van der Waals surface area (Å²) in [6, 6.07) is 0. The maximum Gasteiger partial charge on any atom is 0.152 e. The van der Waals surface area contributed by atoms with Gasteiger partial charge in [-0.05, 0) is 6.42 Å². The number of hydrogen-bond acceptors (Lipinski definition) is 3. The van der Waals surface area contributed by atoms with E-state index in [4.69, 9.17) is 0 Å². The Bertz CT molecular complexity index is 228. The van der Waals surface area contributed by atoms with E-state index in [0.717, 1.165) is 6.29 Å². The minimum Gasteiger partial charge on any atom is -0.303 e. The molecule has 1 heterocycles. The standard InChI is InChI=1S/C6H10O3S/c1-2-6(3-7)4-10(8,9)5-6/h3H,2,4-5H2,1H3. The molecule has 10 heavy (non-hydrogen) atoms. The predicted octanol–water partition coefficient (Wildman–Crippen LogP) is 0.0101. The number of hydrogen-bond donors (Lipinski definition) is 0. The Labute approximate surface area is 60.3 Å². The minimum atomic E-state index is -2.84. The molecule has 0 bridgehead atoms. The molecule has 0 N–H and O–H groups in total. The molecule has 0 atom stereocenters. The molecule has 1 aliphatic rings. The molecule has 0 aliphatic carbocycles. The summed E-state index contributed by atoms with van der Waals surface area (Å²) in [6.07, 6.45) is 1.41. The van der Waals surface area contributed by atoms with Crippen LogP contribution in [0.4, 0.5) is 0 Å². The van der Waals surface area contributed by atoms with E-state index in [0.29, 0.717) is 6.42 Å². The smallest absolute Gasteiger partial charge is 0.152 e. The molecule has 0 unspecified atom stereocenters. The zero-order chi connectivity index (χ0) is 7.83. The van der Waals surface area contributed by atoms with Gasteiger partial charge in [-0.15, -0.1) is 0 Å². The summed E-state index contributed by atoms with van der Waals surface area (Å²) in [5.74, 6) is 0.111. The lowest BCUT2D eigenvalue weighted by atomic mass is 9.91. The lowest BCUT2D eigenvalue weighted by Gasteiger charge is -2.34. The van der Waals surface area contributed by atoms with Crippen molar-refractivity contribution in [2.75, 3.05) is 11.5 Å². The monoisotopic (exact) mass is 162 g/mol. The molecule has 1 rings (SSSR count). The van der Waals surface area contributed by atoms with E-state index in [9.17, 15) is 13.2 Å². The second kappa shape index (κ2) is 2.05. The summed E-state index contributed by atoms with van der Waals surface area (Å²) < 4.78 is 21.3. The molecule has 1 saturated heterocycles. The fraction of sp³-hybridized carbons (Fsp3) is 0.833. The largest absolute Gasteiger partial charge is 0.303 e. The molecule has 0 aromatic carbocycles. The lowest BCUT2D eigenvalue weighted by molar-refractivity contribution is -0.115. The second-order valence-electron chi connectivity index (χ2n) is 2.87. The summed E-state index contributed by atoms with van der Waals surface area (Å²) in [5, 5.41) is 0. The predicted molar refractivity (Wildman–Crippen MR) is 37.4 cm³/mol. The number of aldehydes is 1. The zero-order valence-corrected chi connectivity index (χ0v) is 6.65. The van der Waals surface area contributed by atoms with Gasteiger partial charge in [0, 0.05) is 0 Å². The van der Waals surface area contributed by atoms with Crippen LogP contribution < -0.4 is 0 Å². The normalized spacial score (nSPS) is 26.9. The Kier molecular flexibility index (Phi) is 1.58. The third kappa shape index (κ3) is 1.08. The first kappa shape index (κ1) is 7.72. The van der Waals surface area contributed by atoms with Crippen LogP contribution in [0.25, 0.3) is 0 Å². The van der Waals surface area contributed by atoms with Gasteiger partial charge in [0.05, 0.1) is 16.9 Å². The number of carbonyl (C=O) groups is 1. The van der Waals surface area contributed by atoms with E-state index in [2.05, 4.69) is 0 Å². The van der Waals surface area contributed by atoms with Crippen LogP contribution >= 0.6 is 0 Å². The van der Waals surface area contributed by atoms with Crippen LogP contribution in [0.5, 0.6) is 0 Å². The molecule has 0 aromatic heterocycles. The number of rotatable bonds is 2. The van der Waals surface area contributed by atoms with Crippen molar-refractivity contribution in [3.8, 4) is 0 Å². The van der Waals surface area contributed by atoms with Gasteiger partial charge in [0.1, 0.15) is 6.29 Å². The van der Waals surface area contributed by atoms with Gasteiger partial charge in [0.25, 0.3) is 0 Å². The van der Waals surface area contributed by atoms with E-state index in [1.807, 2.05) is 6.92 Å². The average Bonchev–Trinajstić information content (AvgIpc) is 1.82. The van der Waals surface area contributed by atoms with E-state index < -0.39 is 15.3 Å². The van der Waals surface area contributed by atoms with Gasteiger partial charge in [-0.3, -0.25) is 0 Å². The summed E-state index contributed by atoms with van der Waals surface area (Å²) in [7, 11) is -2.84. The van der Waals surface area contributed by atoms with Crippen LogP contribution in [-0.2, 0) is 14.6 Å². The molecule has 0 radical (unpaired) electrons. The molecular weight excluding hydrogens is 152 g/mol. The number of sulfone groups is 1. The topological polar surface area (TPSA) is 51.2 Å². The number of carbonyl (C=O) groups excluding carboxylic acids is 1. The zero-order valence-electron chi connectivity index (χ0n) is 5.83. The Hall–Kier alpha value is -0.380. The SMILES string of the molecule is CCC1(C=O)CS(=O)(=O)C1. The maximum atomic E-state index is 10.7. The highest BCUT2D eigenvalue weighted by Gasteiger charge is 2.46. The van der Waals surface area contributed by atoms with Crippen LogP contribution in [0, 0.1) is 5.41 Å². The Balaban J connectivity index is 2.72. The summed E-state index contributed by atoms with van der Waals surface area (Å²) in [5.41, 5.74) is -0.529. The maximum absolute atomic E-state index is 10.7. The fourth-order valence-electron chi connectivity index (χ4n) is 1.19. The van der Waals surface area contributed by atoms with Crippen molar-refractivity contribution in [1.82, 2.24) is 0 Å². The third-order valence-corrected chi connectivity index (χ3v) is 4.00. The van der Waals surface area contributed by atoms with E-state index in [-0.39, 0.29) is 11.5 Å². The van der Waals surface area contributed by atoms with Gasteiger partial charge in [-0.2, -0.15) is 0 Å². The van der Waals surface area contributed by atoms with Gasteiger partial charge in [0.15, 0.2) is 9.84 Å². The molecule has 0 amide bonds. The third-order valence-electron chi connectivity index (χ3n) is 1.97. The van der Waals surface area contributed by atoms with Gasteiger partial charge in [0.2, 0.25) is 0 Å². The molecule has 0 saturated carbocycles. The van der Waals surface area contributed by atoms with Crippen molar-refractivity contribution in [3.05, 3.63) is 0 Å². The quantitative estimate of drug-likeness (QED) is 0.537. The van der Waals surface area contributed by atoms with Crippen LogP contribution in [0.2, 0.25) is 0 Å². The molecule has 1 aliphatic heterocycles. The van der Waals surface area contributed by atoms with E-state index in [1.54, 1.807) is 0 Å². The van der Waals surface area contributed by atoms with Crippen molar-refractivity contribution in [2.45, 2.75) is 13.3 Å². The lowest BCUT2D eigenvalue weighted by Crippen LogP contribution is -2.49. The van der Waals surface area contributed by atoms with E-state index >= 15 is 0 Å². The van der Waals surface area contributed by atoms with Crippen molar-refractivity contribution in [2.24, 2.45) is 5.41 Å². The first-order valence-corrected chi connectivity index (χ1v) is 5.02. The molecule has 0 spiro atoms. The van der Waals surface area contributed by atoms with Crippen LogP contribution in [-0.4, -0.2) is 26.2 Å². The second-order valence-corrected chi connectivity index (χ2v) is 4.93. The Morgan fingerprint density at radius 3 is 2.10 bits per heavy atom. The van der Waals surface area contributed by atoms with Crippen molar-refractivity contribution in [3.63, 3.8) is 0 Å². The van der Waals surface area contributed by atoms with Crippen LogP contribution in [0.15, 0.2) is 0 Å². The molecular formula is C6H10O3S. The first-order valence-electron chi connectivity index (χ1n) is 3.20. The van der Waals surface area contributed by atoms with Crippen molar-refractivity contribution >= 4 is 16.1 Å². The molecule has 1 fully saturated rings. The first-order chi connectivity index (χ1) is 4.54. The average molecular weight is 162 g/mol. The Morgan fingerprint density at radius 1 is 1.50 bits per heavy atom. The van der Waals surface area contributed by atoms with Crippen molar-refractivity contribution in [1.29, 1.82) is 0 Å². The molecule has 3 nitrogen and oxygen atoms in total. The molecule has 4 heteroatoms. The van der Waals surface area contributed by atoms with Gasteiger partial charge >= 0.3 is 0 Å². The van der Waals surface area contributed by atoms with Gasteiger partial charge < -0.3 is 4.79 Å². The summed E-state index contributed by atoms with van der Waals surface area (Å²) in [6.45, 7) is 1.84. The Morgan fingerprint density at radius 2 is 2.00 bits per heavy atom. The summed E-state index contributed by atoms with van der Waals surface area (Å²) in [4.78, 5) is 10.4. The van der Waals surface area contributed by atoms with Crippen LogP contribution in [0.3, 0.4) is 0 Å².